The molecule has 1 amide bonds. The average Bonchev–Trinajstić information content (AvgIpc) is 3.10. The summed E-state index contributed by atoms with van der Waals surface area (Å²) in [7, 11) is 0. The van der Waals surface area contributed by atoms with Crippen molar-refractivity contribution in [2.45, 2.75) is 26.7 Å². The number of H-pyrrole nitrogens is 1. The molecule has 0 unspecified atom stereocenters. The quantitative estimate of drug-likeness (QED) is 0.462. The van der Waals surface area contributed by atoms with Crippen molar-refractivity contribution in [2.24, 2.45) is 0 Å². The second-order valence-electron chi connectivity index (χ2n) is 6.33. The molecule has 0 atom stereocenters. The summed E-state index contributed by atoms with van der Waals surface area (Å²) < 4.78 is 5.91. The topological polar surface area (TPSA) is 108 Å². The highest BCUT2D eigenvalue weighted by atomic mass is 79.9. The van der Waals surface area contributed by atoms with Crippen molar-refractivity contribution in [3.63, 3.8) is 0 Å². The van der Waals surface area contributed by atoms with Crippen LogP contribution in [0.4, 0.5) is 5.69 Å². The molecule has 0 saturated heterocycles. The zero-order chi connectivity index (χ0) is 20.4. The first-order valence-corrected chi connectivity index (χ1v) is 9.54. The van der Waals surface area contributed by atoms with Crippen molar-refractivity contribution in [1.29, 1.82) is 0 Å². The van der Waals surface area contributed by atoms with E-state index in [0.29, 0.717) is 28.1 Å². The molecular formula is C20H19BrN2O5. The number of anilines is 1. The van der Waals surface area contributed by atoms with E-state index < -0.39 is 11.9 Å². The van der Waals surface area contributed by atoms with E-state index in [1.54, 1.807) is 19.9 Å². The summed E-state index contributed by atoms with van der Waals surface area (Å²) in [6.45, 7) is 3.67. The Morgan fingerprint density at radius 3 is 2.75 bits per heavy atom. The lowest BCUT2D eigenvalue weighted by atomic mass is 10.0. The molecule has 0 spiro atoms. The predicted octanol–water partition coefficient (Wildman–Crippen LogP) is 3.77. The van der Waals surface area contributed by atoms with Crippen molar-refractivity contribution >= 4 is 51.1 Å². The maximum absolute atomic E-state index is 12.5. The van der Waals surface area contributed by atoms with Crippen LogP contribution in [0, 0.1) is 6.92 Å². The lowest BCUT2D eigenvalue weighted by molar-refractivity contribution is -0.137. The summed E-state index contributed by atoms with van der Waals surface area (Å²) in [5.74, 6) is -1.71. The highest BCUT2D eigenvalue weighted by Gasteiger charge is 2.26. The summed E-state index contributed by atoms with van der Waals surface area (Å²) in [5.41, 5.74) is 3.97. The lowest BCUT2D eigenvalue weighted by Gasteiger charge is -2.03. The van der Waals surface area contributed by atoms with Crippen molar-refractivity contribution in [2.75, 3.05) is 11.9 Å². The van der Waals surface area contributed by atoms with Gasteiger partial charge in [-0.1, -0.05) is 22.0 Å². The van der Waals surface area contributed by atoms with Crippen LogP contribution in [0.15, 0.2) is 22.7 Å². The molecule has 1 aliphatic heterocycles. The standard InChI is InChI=1S/C20H19BrN2O5/c1-3-28-20(27)18-10(2)12(6-7-17(24)25)16(22-18)9-14-13-5-4-11(21)8-15(13)23-19(14)26/h4-5,8-9,22H,3,6-7H2,1-2H3,(H,23,26)(H,24,25)/b14-9-. The molecular weight excluding hydrogens is 428 g/mol. The number of benzene rings is 1. The summed E-state index contributed by atoms with van der Waals surface area (Å²) >= 11 is 3.38. The number of hydrogen-bond donors (Lipinski definition) is 3. The molecule has 1 aromatic carbocycles. The van der Waals surface area contributed by atoms with Crippen LogP contribution >= 0.6 is 15.9 Å². The van der Waals surface area contributed by atoms with Gasteiger partial charge < -0.3 is 20.1 Å². The number of fused-ring (bicyclic) bond motifs is 1. The Labute approximate surface area is 169 Å². The van der Waals surface area contributed by atoms with Gasteiger partial charge in [0, 0.05) is 22.2 Å². The third kappa shape index (κ3) is 3.87. The fourth-order valence-corrected chi connectivity index (χ4v) is 3.56. The van der Waals surface area contributed by atoms with Gasteiger partial charge in [0.25, 0.3) is 5.91 Å². The fourth-order valence-electron chi connectivity index (χ4n) is 3.20. The summed E-state index contributed by atoms with van der Waals surface area (Å²) in [5, 5.41) is 11.9. The van der Waals surface area contributed by atoms with Gasteiger partial charge in [-0.3, -0.25) is 9.59 Å². The van der Waals surface area contributed by atoms with Crippen LogP contribution in [0.25, 0.3) is 11.6 Å². The normalized spacial score (nSPS) is 14.1. The van der Waals surface area contributed by atoms with E-state index in [2.05, 4.69) is 26.2 Å². The van der Waals surface area contributed by atoms with Crippen molar-refractivity contribution in [3.05, 3.63) is 50.8 Å². The van der Waals surface area contributed by atoms with Gasteiger partial charge in [-0.25, -0.2) is 4.79 Å². The molecule has 7 nitrogen and oxygen atoms in total. The van der Waals surface area contributed by atoms with Crippen LogP contribution in [0.3, 0.4) is 0 Å². The van der Waals surface area contributed by atoms with Gasteiger partial charge in [0.15, 0.2) is 0 Å². The average molecular weight is 447 g/mol. The lowest BCUT2D eigenvalue weighted by Crippen LogP contribution is -2.07. The molecule has 2 aromatic rings. The largest absolute Gasteiger partial charge is 0.481 e. The molecule has 146 valence electrons. The van der Waals surface area contributed by atoms with Gasteiger partial charge in [0.2, 0.25) is 0 Å². The second-order valence-corrected chi connectivity index (χ2v) is 7.25. The first-order chi connectivity index (χ1) is 13.3. The molecule has 0 fully saturated rings. The van der Waals surface area contributed by atoms with Gasteiger partial charge in [-0.2, -0.15) is 0 Å². The Hall–Kier alpha value is -2.87. The van der Waals surface area contributed by atoms with Crippen LogP contribution in [-0.2, 0) is 20.7 Å². The zero-order valence-corrected chi connectivity index (χ0v) is 17.0. The second kappa shape index (κ2) is 8.02. The Balaban J connectivity index is 2.09. The molecule has 8 heteroatoms. The number of amides is 1. The van der Waals surface area contributed by atoms with Gasteiger partial charge in [-0.15, -0.1) is 0 Å². The maximum atomic E-state index is 12.5. The Kier molecular flexibility index (Phi) is 5.69. The molecule has 28 heavy (non-hydrogen) atoms. The number of carboxylic acids is 1. The number of halogens is 1. The number of carbonyl (C=O) groups excluding carboxylic acids is 2. The Morgan fingerprint density at radius 2 is 2.07 bits per heavy atom. The number of ether oxygens (including phenoxy) is 1. The third-order valence-electron chi connectivity index (χ3n) is 4.53. The van der Waals surface area contributed by atoms with E-state index in [9.17, 15) is 14.4 Å². The third-order valence-corrected chi connectivity index (χ3v) is 5.03. The molecule has 3 rings (SSSR count). The molecule has 1 aromatic heterocycles. The first-order valence-electron chi connectivity index (χ1n) is 8.75. The summed E-state index contributed by atoms with van der Waals surface area (Å²) in [6, 6.07) is 5.47. The molecule has 2 heterocycles. The minimum atomic E-state index is -0.939. The van der Waals surface area contributed by atoms with Crippen LogP contribution in [0.5, 0.6) is 0 Å². The van der Waals surface area contributed by atoms with Gasteiger partial charge >= 0.3 is 11.9 Å². The van der Waals surface area contributed by atoms with E-state index in [1.165, 1.54) is 0 Å². The number of aromatic amines is 1. The molecule has 0 bridgehead atoms. The van der Waals surface area contributed by atoms with E-state index in [0.717, 1.165) is 10.0 Å². The van der Waals surface area contributed by atoms with E-state index >= 15 is 0 Å². The Bertz CT molecular complexity index is 1010. The highest BCUT2D eigenvalue weighted by molar-refractivity contribution is 9.10. The van der Waals surface area contributed by atoms with E-state index in [4.69, 9.17) is 9.84 Å². The van der Waals surface area contributed by atoms with Gasteiger partial charge in [0.05, 0.1) is 17.9 Å². The smallest absolute Gasteiger partial charge is 0.355 e. The minimum absolute atomic E-state index is 0.0904. The van der Waals surface area contributed by atoms with Crippen LogP contribution in [0.2, 0.25) is 0 Å². The van der Waals surface area contributed by atoms with Crippen molar-refractivity contribution in [3.8, 4) is 0 Å². The predicted molar refractivity (Wildman–Crippen MR) is 108 cm³/mol. The molecule has 1 aliphatic rings. The molecule has 0 saturated carbocycles. The number of carbonyl (C=O) groups is 3. The van der Waals surface area contributed by atoms with E-state index in [1.807, 2.05) is 18.2 Å². The molecule has 0 radical (unpaired) electrons. The van der Waals surface area contributed by atoms with Crippen LogP contribution in [0.1, 0.15) is 46.2 Å². The maximum Gasteiger partial charge on any atom is 0.355 e. The van der Waals surface area contributed by atoms with Gasteiger partial charge in [0.1, 0.15) is 5.69 Å². The molecule has 0 aliphatic carbocycles. The fraction of sp³-hybridized carbons (Fsp3) is 0.250. The van der Waals surface area contributed by atoms with Crippen LogP contribution in [-0.4, -0.2) is 34.5 Å². The van der Waals surface area contributed by atoms with Crippen LogP contribution < -0.4 is 5.32 Å². The number of rotatable bonds is 6. The number of hydrogen-bond acceptors (Lipinski definition) is 4. The van der Waals surface area contributed by atoms with Crippen molar-refractivity contribution < 1.29 is 24.2 Å². The minimum Gasteiger partial charge on any atom is -0.481 e. The number of aromatic nitrogens is 1. The van der Waals surface area contributed by atoms with Gasteiger partial charge in [-0.05, 0) is 49.6 Å². The number of nitrogens with one attached hydrogen (secondary N) is 2. The number of esters is 1. The van der Waals surface area contributed by atoms with Crippen molar-refractivity contribution in [1.82, 2.24) is 4.98 Å². The zero-order valence-electron chi connectivity index (χ0n) is 15.4. The van der Waals surface area contributed by atoms with E-state index in [-0.39, 0.29) is 31.0 Å². The monoisotopic (exact) mass is 446 g/mol. The highest BCUT2D eigenvalue weighted by Crippen LogP contribution is 2.36. The first kappa shape index (κ1) is 19.9. The summed E-state index contributed by atoms with van der Waals surface area (Å²) in [6.07, 6.45) is 1.79. The number of carboxylic acid groups (broad SMARTS) is 1. The Morgan fingerprint density at radius 1 is 1.32 bits per heavy atom. The number of aliphatic carboxylic acids is 1. The SMILES string of the molecule is CCOC(=O)c1[nH]c(/C=C2\C(=O)Nc3cc(Br)ccc32)c(CCC(=O)O)c1C. The molecule has 3 N–H and O–H groups in total. The summed E-state index contributed by atoms with van der Waals surface area (Å²) in [4.78, 5) is 38.7.